The fourth-order valence-electron chi connectivity index (χ4n) is 3.58. The van der Waals surface area contributed by atoms with Gasteiger partial charge in [-0.3, -0.25) is 9.48 Å². The summed E-state index contributed by atoms with van der Waals surface area (Å²) in [6, 6.07) is 7.80. The zero-order valence-electron chi connectivity index (χ0n) is 15.5. The van der Waals surface area contributed by atoms with E-state index in [1.54, 1.807) is 0 Å². The molecule has 2 heterocycles. The number of rotatable bonds is 5. The molecule has 0 saturated heterocycles. The third-order valence-electron chi connectivity index (χ3n) is 4.95. The van der Waals surface area contributed by atoms with Crippen LogP contribution in [0.5, 0.6) is 0 Å². The largest absolute Gasteiger partial charge is 0.455 e. The molecule has 0 bridgehead atoms. The zero-order chi connectivity index (χ0) is 19.0. The molecule has 0 atom stereocenters. The first-order valence-electron chi connectivity index (χ1n) is 9.29. The number of carbonyl (C=O) groups is 1. The Hall–Kier alpha value is -2.53. The van der Waals surface area contributed by atoms with Crippen molar-refractivity contribution in [2.75, 3.05) is 6.54 Å². The molecule has 140 valence electrons. The molecule has 5 nitrogen and oxygen atoms in total. The summed E-state index contributed by atoms with van der Waals surface area (Å²) in [6.45, 7) is 5.22. The van der Waals surface area contributed by atoms with Crippen LogP contribution in [0.25, 0.3) is 11.3 Å². The Kier molecular flexibility index (Phi) is 4.79. The van der Waals surface area contributed by atoms with Gasteiger partial charge in [0.15, 0.2) is 5.76 Å². The molecule has 2 aromatic heterocycles. The molecule has 1 aromatic carbocycles. The van der Waals surface area contributed by atoms with E-state index >= 15 is 0 Å². The molecule has 1 aliphatic rings. The normalized spacial score (nSPS) is 12.6. The van der Waals surface area contributed by atoms with Gasteiger partial charge in [0.1, 0.15) is 5.76 Å². The van der Waals surface area contributed by atoms with Gasteiger partial charge < -0.3 is 9.73 Å². The monoisotopic (exact) mass is 383 g/mol. The van der Waals surface area contributed by atoms with Gasteiger partial charge in [0.2, 0.25) is 0 Å². The molecule has 0 radical (unpaired) electrons. The first-order valence-corrected chi connectivity index (χ1v) is 9.66. The molecule has 0 aliphatic heterocycles. The average molecular weight is 384 g/mol. The SMILES string of the molecule is CCCNC(=O)c1oc2c(c1C)-c1nn(Cc3ccccc3Cl)cc1CC2. The maximum atomic E-state index is 12.4. The highest BCUT2D eigenvalue weighted by Crippen LogP contribution is 2.38. The van der Waals surface area contributed by atoms with Crippen molar-refractivity contribution in [3.8, 4) is 11.3 Å². The number of furan rings is 1. The third-order valence-corrected chi connectivity index (χ3v) is 5.32. The molecule has 1 N–H and O–H groups in total. The Morgan fingerprint density at radius 3 is 2.93 bits per heavy atom. The topological polar surface area (TPSA) is 60.1 Å². The zero-order valence-corrected chi connectivity index (χ0v) is 16.3. The van der Waals surface area contributed by atoms with Gasteiger partial charge in [-0.2, -0.15) is 5.10 Å². The minimum atomic E-state index is -0.152. The Morgan fingerprint density at radius 2 is 2.15 bits per heavy atom. The second-order valence-corrected chi connectivity index (χ2v) is 7.31. The highest BCUT2D eigenvalue weighted by Gasteiger charge is 2.29. The lowest BCUT2D eigenvalue weighted by Crippen LogP contribution is -2.24. The number of amides is 1. The standard InChI is InChI=1S/C21H22ClN3O2/c1-3-10-23-21(26)20-13(2)18-17(27-20)9-8-15-12-25(24-19(15)18)11-14-6-4-5-7-16(14)22/h4-7,12H,3,8-11H2,1-2H3,(H,23,26). The molecule has 1 aliphatic carbocycles. The van der Waals surface area contributed by atoms with Crippen LogP contribution in [0.3, 0.4) is 0 Å². The molecule has 1 amide bonds. The summed E-state index contributed by atoms with van der Waals surface area (Å²) in [7, 11) is 0. The predicted octanol–water partition coefficient (Wildman–Crippen LogP) is 4.39. The predicted molar refractivity (Wildman–Crippen MR) is 105 cm³/mol. The minimum absolute atomic E-state index is 0.152. The second kappa shape index (κ2) is 7.24. The summed E-state index contributed by atoms with van der Waals surface area (Å²) in [5.74, 6) is 1.10. The van der Waals surface area contributed by atoms with Crippen LogP contribution in [-0.4, -0.2) is 22.2 Å². The lowest BCUT2D eigenvalue weighted by atomic mass is 9.93. The summed E-state index contributed by atoms with van der Waals surface area (Å²) < 4.78 is 7.84. The molecule has 6 heteroatoms. The number of aromatic nitrogens is 2. The number of benzene rings is 1. The van der Waals surface area contributed by atoms with Gasteiger partial charge in [0.05, 0.1) is 12.2 Å². The van der Waals surface area contributed by atoms with Gasteiger partial charge in [-0.1, -0.05) is 36.7 Å². The van der Waals surface area contributed by atoms with Crippen molar-refractivity contribution in [1.82, 2.24) is 15.1 Å². The van der Waals surface area contributed by atoms with Gasteiger partial charge in [0.25, 0.3) is 5.91 Å². The van der Waals surface area contributed by atoms with Crippen LogP contribution in [0.2, 0.25) is 5.02 Å². The summed E-state index contributed by atoms with van der Waals surface area (Å²) in [4.78, 5) is 12.4. The quantitative estimate of drug-likeness (QED) is 0.710. The summed E-state index contributed by atoms with van der Waals surface area (Å²) in [5, 5.41) is 8.42. The Bertz CT molecular complexity index is 1000. The third kappa shape index (κ3) is 3.28. The van der Waals surface area contributed by atoms with Gasteiger partial charge in [0, 0.05) is 35.3 Å². The Balaban J connectivity index is 1.67. The maximum absolute atomic E-state index is 12.4. The van der Waals surface area contributed by atoms with E-state index in [4.69, 9.17) is 21.1 Å². The van der Waals surface area contributed by atoms with Crippen molar-refractivity contribution in [3.63, 3.8) is 0 Å². The Labute approximate surface area is 163 Å². The van der Waals surface area contributed by atoms with Crippen LogP contribution in [-0.2, 0) is 19.4 Å². The Morgan fingerprint density at radius 1 is 1.33 bits per heavy atom. The molecule has 0 unspecified atom stereocenters. The summed E-state index contributed by atoms with van der Waals surface area (Å²) in [5.41, 5.74) is 4.96. The highest BCUT2D eigenvalue weighted by molar-refractivity contribution is 6.31. The lowest BCUT2D eigenvalue weighted by molar-refractivity contribution is 0.0923. The smallest absolute Gasteiger partial charge is 0.287 e. The number of carbonyl (C=O) groups excluding carboxylic acids is 1. The molecule has 0 fully saturated rings. The average Bonchev–Trinajstić information content (AvgIpc) is 3.22. The van der Waals surface area contributed by atoms with Gasteiger partial charge in [-0.05, 0) is 37.0 Å². The van der Waals surface area contributed by atoms with E-state index in [0.29, 0.717) is 18.8 Å². The summed E-state index contributed by atoms with van der Waals surface area (Å²) in [6.07, 6.45) is 4.60. The minimum Gasteiger partial charge on any atom is -0.455 e. The maximum Gasteiger partial charge on any atom is 0.287 e. The van der Waals surface area contributed by atoms with Crippen LogP contribution >= 0.6 is 11.6 Å². The lowest BCUT2D eigenvalue weighted by Gasteiger charge is -2.09. The van der Waals surface area contributed by atoms with E-state index in [1.807, 2.05) is 42.8 Å². The number of fused-ring (bicyclic) bond motifs is 3. The molecular formula is C21H22ClN3O2. The first kappa shape index (κ1) is 17.9. The molecule has 27 heavy (non-hydrogen) atoms. The molecule has 0 spiro atoms. The number of aryl methyl sites for hydroxylation is 2. The highest BCUT2D eigenvalue weighted by atomic mass is 35.5. The van der Waals surface area contributed by atoms with Crippen LogP contribution in [0.15, 0.2) is 34.9 Å². The van der Waals surface area contributed by atoms with Gasteiger partial charge >= 0.3 is 0 Å². The molecular weight excluding hydrogens is 362 g/mol. The molecule has 0 saturated carbocycles. The number of hydrogen-bond acceptors (Lipinski definition) is 3. The molecule has 4 rings (SSSR count). The van der Waals surface area contributed by atoms with Crippen molar-refractivity contribution < 1.29 is 9.21 Å². The van der Waals surface area contributed by atoms with Crippen LogP contribution in [0.4, 0.5) is 0 Å². The van der Waals surface area contributed by atoms with Crippen molar-refractivity contribution in [2.24, 2.45) is 0 Å². The van der Waals surface area contributed by atoms with E-state index < -0.39 is 0 Å². The first-order chi connectivity index (χ1) is 13.1. The second-order valence-electron chi connectivity index (χ2n) is 6.90. The van der Waals surface area contributed by atoms with Crippen molar-refractivity contribution >= 4 is 17.5 Å². The van der Waals surface area contributed by atoms with Crippen LogP contribution in [0.1, 0.15) is 46.3 Å². The van der Waals surface area contributed by atoms with E-state index in [9.17, 15) is 4.79 Å². The summed E-state index contributed by atoms with van der Waals surface area (Å²) >= 11 is 6.29. The van der Waals surface area contributed by atoms with Crippen LogP contribution in [0, 0.1) is 6.92 Å². The number of nitrogens with zero attached hydrogens (tertiary/aromatic N) is 2. The van der Waals surface area contributed by atoms with Crippen molar-refractivity contribution in [3.05, 3.63) is 63.7 Å². The van der Waals surface area contributed by atoms with Gasteiger partial charge in [-0.15, -0.1) is 0 Å². The fraction of sp³-hybridized carbons (Fsp3) is 0.333. The van der Waals surface area contributed by atoms with E-state index in [1.165, 1.54) is 5.56 Å². The number of hydrogen-bond donors (Lipinski definition) is 1. The number of halogens is 1. The molecule has 3 aromatic rings. The van der Waals surface area contributed by atoms with E-state index in [0.717, 1.165) is 52.4 Å². The van der Waals surface area contributed by atoms with Crippen LogP contribution < -0.4 is 5.32 Å². The van der Waals surface area contributed by atoms with E-state index in [-0.39, 0.29) is 5.91 Å². The van der Waals surface area contributed by atoms with Gasteiger partial charge in [-0.25, -0.2) is 0 Å². The van der Waals surface area contributed by atoms with Crippen molar-refractivity contribution in [2.45, 2.75) is 39.7 Å². The van der Waals surface area contributed by atoms with E-state index in [2.05, 4.69) is 11.5 Å². The van der Waals surface area contributed by atoms with Crippen molar-refractivity contribution in [1.29, 1.82) is 0 Å². The number of nitrogens with one attached hydrogen (secondary N) is 1. The fourth-order valence-corrected chi connectivity index (χ4v) is 3.78.